The van der Waals surface area contributed by atoms with Crippen molar-refractivity contribution in [2.75, 3.05) is 6.54 Å². The molecule has 0 amide bonds. The van der Waals surface area contributed by atoms with Gasteiger partial charge in [-0.3, -0.25) is 0 Å². The zero-order valence-corrected chi connectivity index (χ0v) is 9.27. The van der Waals surface area contributed by atoms with Crippen molar-refractivity contribution in [1.29, 1.82) is 0 Å². The molecule has 0 atom stereocenters. The van der Waals surface area contributed by atoms with Gasteiger partial charge in [0.25, 0.3) is 0 Å². The number of rotatable bonds is 3. The van der Waals surface area contributed by atoms with Crippen molar-refractivity contribution < 1.29 is 0 Å². The molecule has 0 spiro atoms. The molecule has 0 aliphatic heterocycles. The zero-order valence-electron chi connectivity index (χ0n) is 8.52. The number of benzene rings is 1. The summed E-state index contributed by atoms with van der Waals surface area (Å²) < 4.78 is 0. The van der Waals surface area contributed by atoms with Crippen LogP contribution in [-0.4, -0.2) is 6.54 Å². The van der Waals surface area contributed by atoms with Gasteiger partial charge in [0.05, 0.1) is 0 Å². The first kappa shape index (κ1) is 10.0. The first-order valence-electron chi connectivity index (χ1n) is 5.21. The van der Waals surface area contributed by atoms with Crippen molar-refractivity contribution in [3.05, 3.63) is 34.3 Å². The lowest BCUT2D eigenvalue weighted by Crippen LogP contribution is -2.21. The van der Waals surface area contributed by atoms with Crippen molar-refractivity contribution in [2.24, 2.45) is 5.73 Å². The third-order valence-corrected chi connectivity index (χ3v) is 3.50. The fourth-order valence-corrected chi connectivity index (χ4v) is 2.26. The second-order valence-corrected chi connectivity index (χ2v) is 4.58. The maximum absolute atomic E-state index is 6.02. The summed E-state index contributed by atoms with van der Waals surface area (Å²) in [5.74, 6) is 0. The average Bonchev–Trinajstić information content (AvgIpc) is 2.98. The smallest absolute Gasteiger partial charge is 0.0409 e. The van der Waals surface area contributed by atoms with E-state index in [1.54, 1.807) is 0 Å². The lowest BCUT2D eigenvalue weighted by molar-refractivity contribution is 0.695. The Morgan fingerprint density at radius 3 is 2.64 bits per heavy atom. The largest absolute Gasteiger partial charge is 0.330 e. The number of nitrogens with two attached hydrogens (primary N) is 1. The highest BCUT2D eigenvalue weighted by molar-refractivity contribution is 6.30. The van der Waals surface area contributed by atoms with Gasteiger partial charge in [-0.25, -0.2) is 0 Å². The lowest BCUT2D eigenvalue weighted by Gasteiger charge is -2.17. The molecule has 76 valence electrons. The Morgan fingerprint density at radius 2 is 2.14 bits per heavy atom. The summed E-state index contributed by atoms with van der Waals surface area (Å²) in [6, 6.07) is 6.20. The Labute approximate surface area is 90.3 Å². The molecule has 1 nitrogen and oxygen atoms in total. The quantitative estimate of drug-likeness (QED) is 0.814. The van der Waals surface area contributed by atoms with E-state index in [1.165, 1.54) is 24.0 Å². The van der Waals surface area contributed by atoms with Crippen LogP contribution in [0.15, 0.2) is 18.2 Å². The molecule has 0 saturated heterocycles. The van der Waals surface area contributed by atoms with Crippen LogP contribution in [0.3, 0.4) is 0 Å². The van der Waals surface area contributed by atoms with Crippen LogP contribution in [0.25, 0.3) is 0 Å². The number of hydrogen-bond acceptors (Lipinski definition) is 1. The topological polar surface area (TPSA) is 26.0 Å². The van der Waals surface area contributed by atoms with E-state index in [0.717, 1.165) is 18.0 Å². The molecule has 2 heteroatoms. The molecule has 1 aliphatic rings. The van der Waals surface area contributed by atoms with Gasteiger partial charge < -0.3 is 5.73 Å². The Hall–Kier alpha value is -0.530. The van der Waals surface area contributed by atoms with Gasteiger partial charge in [-0.1, -0.05) is 24.6 Å². The highest BCUT2D eigenvalue weighted by Gasteiger charge is 2.43. The molecule has 1 aromatic carbocycles. The predicted octanol–water partition coefficient (Wildman–Crippen LogP) is 2.89. The third-order valence-electron chi connectivity index (χ3n) is 3.27. The molecule has 1 saturated carbocycles. The van der Waals surface area contributed by atoms with Gasteiger partial charge in [-0.2, -0.15) is 0 Å². The summed E-state index contributed by atoms with van der Waals surface area (Å²) >= 11 is 6.02. The Bertz CT molecular complexity index is 342. The van der Waals surface area contributed by atoms with E-state index < -0.39 is 0 Å². The summed E-state index contributed by atoms with van der Waals surface area (Å²) in [6.45, 7) is 2.93. The van der Waals surface area contributed by atoms with E-state index in [2.05, 4.69) is 19.1 Å². The molecule has 14 heavy (non-hydrogen) atoms. The molecule has 0 aromatic heterocycles. The van der Waals surface area contributed by atoms with Crippen LogP contribution in [0.5, 0.6) is 0 Å². The van der Waals surface area contributed by atoms with E-state index in [1.807, 2.05) is 6.07 Å². The summed E-state index contributed by atoms with van der Waals surface area (Å²) in [5.41, 5.74) is 8.88. The lowest BCUT2D eigenvalue weighted by atomic mass is 9.90. The molecular formula is C12H16ClN. The van der Waals surface area contributed by atoms with E-state index in [0.29, 0.717) is 0 Å². The zero-order chi connectivity index (χ0) is 10.2. The molecule has 0 unspecified atom stereocenters. The molecule has 1 aliphatic carbocycles. The van der Waals surface area contributed by atoms with Crippen molar-refractivity contribution in [2.45, 2.75) is 31.6 Å². The highest BCUT2D eigenvalue weighted by Crippen LogP contribution is 2.49. The molecule has 0 radical (unpaired) electrons. The Kier molecular flexibility index (Phi) is 2.54. The second kappa shape index (κ2) is 3.56. The van der Waals surface area contributed by atoms with Gasteiger partial charge in [0.1, 0.15) is 0 Å². The van der Waals surface area contributed by atoms with Crippen molar-refractivity contribution in [3.8, 4) is 0 Å². The maximum Gasteiger partial charge on any atom is 0.0409 e. The standard InChI is InChI=1S/C12H16ClN/c1-2-9-3-4-10(13)7-11(9)12(8-14)5-6-12/h3-4,7H,2,5-6,8,14H2,1H3. The third kappa shape index (κ3) is 1.55. The van der Waals surface area contributed by atoms with Crippen LogP contribution in [0.4, 0.5) is 0 Å². The first-order chi connectivity index (χ1) is 6.72. The summed E-state index contributed by atoms with van der Waals surface area (Å²) in [6.07, 6.45) is 3.50. The fraction of sp³-hybridized carbons (Fsp3) is 0.500. The Morgan fingerprint density at radius 1 is 1.43 bits per heavy atom. The van der Waals surface area contributed by atoms with Crippen LogP contribution >= 0.6 is 11.6 Å². The highest BCUT2D eigenvalue weighted by atomic mass is 35.5. The minimum atomic E-state index is 0.260. The van der Waals surface area contributed by atoms with Gasteiger partial charge >= 0.3 is 0 Å². The van der Waals surface area contributed by atoms with E-state index in [-0.39, 0.29) is 5.41 Å². The normalized spacial score (nSPS) is 18.2. The monoisotopic (exact) mass is 209 g/mol. The van der Waals surface area contributed by atoms with Gasteiger partial charge in [0.15, 0.2) is 0 Å². The number of hydrogen-bond donors (Lipinski definition) is 1. The van der Waals surface area contributed by atoms with Crippen LogP contribution in [0.2, 0.25) is 5.02 Å². The van der Waals surface area contributed by atoms with Gasteiger partial charge in [-0.05, 0) is 42.5 Å². The minimum Gasteiger partial charge on any atom is -0.330 e. The maximum atomic E-state index is 6.02. The van der Waals surface area contributed by atoms with E-state index >= 15 is 0 Å². The van der Waals surface area contributed by atoms with Crippen molar-refractivity contribution in [3.63, 3.8) is 0 Å². The fourth-order valence-electron chi connectivity index (χ4n) is 2.08. The molecule has 0 heterocycles. The average molecular weight is 210 g/mol. The van der Waals surface area contributed by atoms with Gasteiger partial charge in [0.2, 0.25) is 0 Å². The molecular weight excluding hydrogens is 194 g/mol. The number of aryl methyl sites for hydroxylation is 1. The summed E-state index contributed by atoms with van der Waals surface area (Å²) in [4.78, 5) is 0. The first-order valence-corrected chi connectivity index (χ1v) is 5.58. The summed E-state index contributed by atoms with van der Waals surface area (Å²) in [5, 5.41) is 0.830. The SMILES string of the molecule is CCc1ccc(Cl)cc1C1(CN)CC1. The molecule has 1 aromatic rings. The van der Waals surface area contributed by atoms with Gasteiger partial charge in [0, 0.05) is 17.0 Å². The number of halogens is 1. The Balaban J connectivity index is 2.44. The predicted molar refractivity (Wildman–Crippen MR) is 60.8 cm³/mol. The van der Waals surface area contributed by atoms with Gasteiger partial charge in [-0.15, -0.1) is 0 Å². The van der Waals surface area contributed by atoms with Crippen LogP contribution in [0, 0.1) is 0 Å². The van der Waals surface area contributed by atoms with Crippen LogP contribution in [-0.2, 0) is 11.8 Å². The van der Waals surface area contributed by atoms with Crippen LogP contribution in [0.1, 0.15) is 30.9 Å². The van der Waals surface area contributed by atoms with Crippen molar-refractivity contribution in [1.82, 2.24) is 0 Å². The molecule has 0 bridgehead atoms. The van der Waals surface area contributed by atoms with E-state index in [4.69, 9.17) is 17.3 Å². The minimum absolute atomic E-state index is 0.260. The van der Waals surface area contributed by atoms with Crippen LogP contribution < -0.4 is 5.73 Å². The molecule has 2 rings (SSSR count). The molecule has 1 fully saturated rings. The van der Waals surface area contributed by atoms with Crippen molar-refractivity contribution >= 4 is 11.6 Å². The molecule has 2 N–H and O–H groups in total. The second-order valence-electron chi connectivity index (χ2n) is 4.14. The summed E-state index contributed by atoms with van der Waals surface area (Å²) in [7, 11) is 0. The van der Waals surface area contributed by atoms with E-state index in [9.17, 15) is 0 Å².